The van der Waals surface area contributed by atoms with Gasteiger partial charge in [-0.2, -0.15) is 0 Å². The zero-order valence-electron chi connectivity index (χ0n) is 21.0. The molecule has 6 nitrogen and oxygen atoms in total. The number of carbonyl (C=O) groups excluding carboxylic acids is 2. The molecule has 1 N–H and O–H groups in total. The molecule has 3 aromatic rings. The van der Waals surface area contributed by atoms with Gasteiger partial charge in [-0.05, 0) is 72.7 Å². The lowest BCUT2D eigenvalue weighted by atomic mass is 9.84. The van der Waals surface area contributed by atoms with Gasteiger partial charge in [-0.1, -0.05) is 42.5 Å². The van der Waals surface area contributed by atoms with Gasteiger partial charge in [0, 0.05) is 30.8 Å². The largest absolute Gasteiger partial charge is 0.496 e. The van der Waals surface area contributed by atoms with E-state index in [2.05, 4.69) is 45.6 Å². The van der Waals surface area contributed by atoms with Gasteiger partial charge < -0.3 is 10.1 Å². The van der Waals surface area contributed by atoms with Crippen molar-refractivity contribution >= 4 is 28.7 Å². The number of aromatic nitrogens is 2. The molecular weight excluding hydrogens is 482 g/mol. The van der Waals surface area contributed by atoms with Gasteiger partial charge in [0.2, 0.25) is 5.12 Å². The first-order valence-electron chi connectivity index (χ1n) is 12.8. The fraction of sp³-hybridized carbons (Fsp3) is 0.333. The third-order valence-corrected chi connectivity index (χ3v) is 8.06. The highest BCUT2D eigenvalue weighted by molar-refractivity contribution is 8.18. The highest BCUT2D eigenvalue weighted by Gasteiger charge is 2.26. The van der Waals surface area contributed by atoms with Gasteiger partial charge in [0.05, 0.1) is 24.1 Å². The van der Waals surface area contributed by atoms with E-state index in [1.807, 2.05) is 18.2 Å². The Morgan fingerprint density at radius 3 is 2.51 bits per heavy atom. The van der Waals surface area contributed by atoms with Gasteiger partial charge in [0.1, 0.15) is 11.6 Å². The summed E-state index contributed by atoms with van der Waals surface area (Å²) in [6, 6.07) is 19.0. The van der Waals surface area contributed by atoms with Crippen LogP contribution in [0.2, 0.25) is 0 Å². The van der Waals surface area contributed by atoms with Crippen molar-refractivity contribution in [2.75, 3.05) is 7.11 Å². The highest BCUT2D eigenvalue weighted by atomic mass is 32.2. The van der Waals surface area contributed by atoms with Crippen LogP contribution in [0.15, 0.2) is 65.7 Å². The number of para-hydroxylation sites is 1. The minimum Gasteiger partial charge on any atom is -0.496 e. The third kappa shape index (κ3) is 6.35. The molecule has 0 spiro atoms. The van der Waals surface area contributed by atoms with E-state index in [1.165, 1.54) is 11.1 Å². The molecule has 190 valence electrons. The Labute approximate surface area is 222 Å². The molecule has 2 aliphatic rings. The molecule has 37 heavy (non-hydrogen) atoms. The van der Waals surface area contributed by atoms with E-state index in [-0.39, 0.29) is 17.3 Å². The minimum absolute atomic E-state index is 0.0161. The van der Waals surface area contributed by atoms with Gasteiger partial charge in [-0.15, -0.1) is 0 Å². The van der Waals surface area contributed by atoms with E-state index in [9.17, 15) is 9.59 Å². The van der Waals surface area contributed by atoms with Crippen molar-refractivity contribution < 1.29 is 14.3 Å². The maximum absolute atomic E-state index is 11.9. The molecule has 0 radical (unpaired) electrons. The Bertz CT molecular complexity index is 1310. The van der Waals surface area contributed by atoms with E-state index in [4.69, 9.17) is 4.74 Å². The lowest BCUT2D eigenvalue weighted by Gasteiger charge is -2.29. The Morgan fingerprint density at radius 2 is 1.76 bits per heavy atom. The number of carbonyl (C=O) groups is 2. The normalized spacial score (nSPS) is 20.9. The first-order valence-corrected chi connectivity index (χ1v) is 13.6. The Hall–Kier alpha value is -3.29. The summed E-state index contributed by atoms with van der Waals surface area (Å²) in [4.78, 5) is 33.0. The van der Waals surface area contributed by atoms with E-state index < -0.39 is 0 Å². The minimum atomic E-state index is -0.119. The first kappa shape index (κ1) is 25.4. The van der Waals surface area contributed by atoms with Crippen LogP contribution in [0, 0.1) is 5.92 Å². The van der Waals surface area contributed by atoms with Crippen LogP contribution in [-0.2, 0) is 22.6 Å². The number of allylic oxidation sites excluding steroid dienone is 1. The van der Waals surface area contributed by atoms with Gasteiger partial charge >= 0.3 is 0 Å². The predicted molar refractivity (Wildman–Crippen MR) is 147 cm³/mol. The molecule has 5 rings (SSSR count). The van der Waals surface area contributed by atoms with Crippen molar-refractivity contribution in [2.24, 2.45) is 5.92 Å². The SMILES string of the molecule is COc1ccccc1-c1ccccc1CNC1CCC(Cc2nccc(/C=C3\SC(=O)CC3=O)n2)CC1. The molecule has 0 bridgehead atoms. The van der Waals surface area contributed by atoms with Gasteiger partial charge in [0.15, 0.2) is 5.78 Å². The Kier molecular flexibility index (Phi) is 8.12. The molecule has 0 unspecified atom stereocenters. The number of ketones is 1. The zero-order chi connectivity index (χ0) is 25.6. The molecule has 0 amide bonds. The number of Topliss-reactive ketones (excluding diaryl/α,β-unsaturated/α-hetero) is 1. The number of nitrogens with one attached hydrogen (secondary N) is 1. The second-order valence-electron chi connectivity index (χ2n) is 9.64. The smallest absolute Gasteiger partial charge is 0.201 e. The molecule has 1 aliphatic heterocycles. The molecule has 0 atom stereocenters. The molecule has 2 aromatic carbocycles. The summed E-state index contributed by atoms with van der Waals surface area (Å²) >= 11 is 1.01. The molecule has 1 aliphatic carbocycles. The number of ether oxygens (including phenoxy) is 1. The second kappa shape index (κ2) is 11.8. The van der Waals surface area contributed by atoms with Crippen molar-refractivity contribution in [3.63, 3.8) is 0 Å². The molecular formula is C30H31N3O3S. The van der Waals surface area contributed by atoms with Crippen molar-refractivity contribution in [1.82, 2.24) is 15.3 Å². The van der Waals surface area contributed by atoms with Gasteiger partial charge in [0.25, 0.3) is 0 Å². The lowest BCUT2D eigenvalue weighted by molar-refractivity contribution is -0.119. The standard InChI is InChI=1S/C30H31N3O3S/c1-36-27-9-5-4-8-25(27)24-7-3-2-6-21(24)19-32-22-12-10-20(11-13-22)16-29-31-15-14-23(33-29)17-28-26(34)18-30(35)37-28/h2-9,14-15,17,20,22,32H,10-13,16,18-19H2,1H3/b28-17-. The van der Waals surface area contributed by atoms with Gasteiger partial charge in [-0.3, -0.25) is 9.59 Å². The summed E-state index contributed by atoms with van der Waals surface area (Å²) < 4.78 is 5.60. The average molecular weight is 514 g/mol. The van der Waals surface area contributed by atoms with Crippen LogP contribution < -0.4 is 10.1 Å². The predicted octanol–water partition coefficient (Wildman–Crippen LogP) is 5.62. The maximum atomic E-state index is 11.9. The van der Waals surface area contributed by atoms with E-state index in [0.29, 0.717) is 22.6 Å². The van der Waals surface area contributed by atoms with E-state index >= 15 is 0 Å². The summed E-state index contributed by atoms with van der Waals surface area (Å²) in [6.45, 7) is 0.822. The van der Waals surface area contributed by atoms with Crippen LogP contribution in [0.25, 0.3) is 17.2 Å². The number of methoxy groups -OCH3 is 1. The van der Waals surface area contributed by atoms with Crippen molar-refractivity contribution in [2.45, 2.75) is 51.1 Å². The molecule has 1 aromatic heterocycles. The maximum Gasteiger partial charge on any atom is 0.201 e. The van der Waals surface area contributed by atoms with Crippen molar-refractivity contribution in [3.05, 3.63) is 82.8 Å². The number of thioether (sulfide) groups is 1. The van der Waals surface area contributed by atoms with E-state index in [1.54, 1.807) is 25.4 Å². The summed E-state index contributed by atoms with van der Waals surface area (Å²) in [6.07, 6.45) is 8.78. The van der Waals surface area contributed by atoms with Crippen LogP contribution in [0.4, 0.5) is 0 Å². The number of hydrogen-bond acceptors (Lipinski definition) is 7. The first-order chi connectivity index (χ1) is 18.1. The van der Waals surface area contributed by atoms with Crippen LogP contribution in [0.1, 0.15) is 49.2 Å². The van der Waals surface area contributed by atoms with Crippen LogP contribution in [-0.4, -0.2) is 34.0 Å². The third-order valence-electron chi connectivity index (χ3n) is 7.12. The number of nitrogens with zero attached hydrogens (tertiary/aromatic N) is 2. The zero-order valence-corrected chi connectivity index (χ0v) is 21.8. The number of rotatable bonds is 8. The lowest BCUT2D eigenvalue weighted by Crippen LogP contribution is -2.33. The molecule has 7 heteroatoms. The monoisotopic (exact) mass is 513 g/mol. The van der Waals surface area contributed by atoms with Crippen LogP contribution in [0.5, 0.6) is 5.75 Å². The quantitative estimate of drug-likeness (QED) is 0.309. The Balaban J connectivity index is 1.15. The molecule has 2 fully saturated rings. The van der Waals surface area contributed by atoms with Crippen LogP contribution >= 0.6 is 11.8 Å². The fourth-order valence-corrected chi connectivity index (χ4v) is 5.97. The van der Waals surface area contributed by atoms with Crippen molar-refractivity contribution in [1.29, 1.82) is 0 Å². The van der Waals surface area contributed by atoms with Gasteiger partial charge in [-0.25, -0.2) is 9.97 Å². The molecule has 1 saturated carbocycles. The summed E-state index contributed by atoms with van der Waals surface area (Å²) in [5, 5.41) is 3.69. The summed E-state index contributed by atoms with van der Waals surface area (Å²) in [5.41, 5.74) is 4.29. The summed E-state index contributed by atoms with van der Waals surface area (Å²) in [5.74, 6) is 2.12. The topological polar surface area (TPSA) is 81.2 Å². The Morgan fingerprint density at radius 1 is 1.00 bits per heavy atom. The van der Waals surface area contributed by atoms with Crippen molar-refractivity contribution in [3.8, 4) is 16.9 Å². The average Bonchev–Trinajstić information content (AvgIpc) is 3.24. The number of benzene rings is 2. The fourth-order valence-electron chi connectivity index (χ4n) is 5.16. The molecule has 2 heterocycles. The highest BCUT2D eigenvalue weighted by Crippen LogP contribution is 2.33. The van der Waals surface area contributed by atoms with E-state index in [0.717, 1.165) is 67.5 Å². The summed E-state index contributed by atoms with van der Waals surface area (Å²) in [7, 11) is 1.72. The molecule has 1 saturated heterocycles. The second-order valence-corrected chi connectivity index (χ2v) is 10.7. The number of hydrogen-bond donors (Lipinski definition) is 1. The van der Waals surface area contributed by atoms with Crippen LogP contribution in [0.3, 0.4) is 0 Å².